The first-order valence-electron chi connectivity index (χ1n) is 7.58. The van der Waals surface area contributed by atoms with Crippen molar-refractivity contribution in [2.24, 2.45) is 0 Å². The molecule has 2 aromatic rings. The normalized spacial score (nSPS) is 19.8. The van der Waals surface area contributed by atoms with Gasteiger partial charge in [0.1, 0.15) is 5.82 Å². The molecule has 112 valence electrons. The number of hydrogen-bond acceptors (Lipinski definition) is 4. The maximum absolute atomic E-state index is 12.9. The standard InChI is InChI=1S/C16H20FN3O/c1-2-9-20-10-3-4-13(11-20)16-18-15(19-21-16)12-5-7-14(17)8-6-12/h5-8,13H,2-4,9-11H2,1H3/t13-/m0/s1. The predicted molar refractivity (Wildman–Crippen MR) is 78.4 cm³/mol. The van der Waals surface area contributed by atoms with Gasteiger partial charge in [-0.05, 0) is 56.6 Å². The minimum atomic E-state index is -0.259. The van der Waals surface area contributed by atoms with Crippen LogP contribution in [0.15, 0.2) is 28.8 Å². The lowest BCUT2D eigenvalue weighted by molar-refractivity contribution is 0.187. The third kappa shape index (κ3) is 3.29. The number of hydrogen-bond donors (Lipinski definition) is 0. The van der Waals surface area contributed by atoms with Crippen molar-refractivity contribution in [3.05, 3.63) is 36.0 Å². The lowest BCUT2D eigenvalue weighted by atomic mass is 9.98. The Labute approximate surface area is 124 Å². The summed E-state index contributed by atoms with van der Waals surface area (Å²) < 4.78 is 18.4. The molecule has 2 heterocycles. The summed E-state index contributed by atoms with van der Waals surface area (Å²) in [6.45, 7) is 5.46. The number of halogens is 1. The summed E-state index contributed by atoms with van der Waals surface area (Å²) in [7, 11) is 0. The number of piperidine rings is 1. The molecule has 3 rings (SSSR count). The maximum atomic E-state index is 12.9. The zero-order valence-corrected chi connectivity index (χ0v) is 12.3. The molecule has 1 aromatic carbocycles. The maximum Gasteiger partial charge on any atom is 0.231 e. The number of aromatic nitrogens is 2. The lowest BCUT2D eigenvalue weighted by Gasteiger charge is -2.30. The van der Waals surface area contributed by atoms with Gasteiger partial charge in [0.2, 0.25) is 11.7 Å². The van der Waals surface area contributed by atoms with Gasteiger partial charge in [0.15, 0.2) is 0 Å². The molecule has 0 N–H and O–H groups in total. The van der Waals surface area contributed by atoms with E-state index in [9.17, 15) is 4.39 Å². The van der Waals surface area contributed by atoms with Crippen LogP contribution in [0.5, 0.6) is 0 Å². The zero-order chi connectivity index (χ0) is 14.7. The molecular weight excluding hydrogens is 269 g/mol. The lowest BCUT2D eigenvalue weighted by Crippen LogP contribution is -2.34. The van der Waals surface area contributed by atoms with E-state index in [1.807, 2.05) is 0 Å². The average molecular weight is 289 g/mol. The van der Waals surface area contributed by atoms with Crippen molar-refractivity contribution >= 4 is 0 Å². The molecule has 0 spiro atoms. The van der Waals surface area contributed by atoms with Gasteiger partial charge in [-0.3, -0.25) is 0 Å². The van der Waals surface area contributed by atoms with Crippen molar-refractivity contribution in [1.82, 2.24) is 15.0 Å². The second-order valence-electron chi connectivity index (χ2n) is 5.60. The monoisotopic (exact) mass is 289 g/mol. The second-order valence-corrected chi connectivity index (χ2v) is 5.60. The molecule has 0 aliphatic carbocycles. The Kier molecular flexibility index (Phi) is 4.29. The van der Waals surface area contributed by atoms with Crippen LogP contribution in [0.2, 0.25) is 0 Å². The number of rotatable bonds is 4. The molecule has 1 saturated heterocycles. The summed E-state index contributed by atoms with van der Waals surface area (Å²) >= 11 is 0. The van der Waals surface area contributed by atoms with Gasteiger partial charge in [0, 0.05) is 12.1 Å². The van der Waals surface area contributed by atoms with E-state index in [0.717, 1.165) is 38.0 Å². The van der Waals surface area contributed by atoms with Crippen molar-refractivity contribution in [3.8, 4) is 11.4 Å². The Morgan fingerprint density at radius 1 is 1.33 bits per heavy atom. The van der Waals surface area contributed by atoms with E-state index in [-0.39, 0.29) is 5.82 Å². The Morgan fingerprint density at radius 2 is 2.14 bits per heavy atom. The Hall–Kier alpha value is -1.75. The van der Waals surface area contributed by atoms with Crippen molar-refractivity contribution in [2.75, 3.05) is 19.6 Å². The highest BCUT2D eigenvalue weighted by Gasteiger charge is 2.25. The summed E-state index contributed by atoms with van der Waals surface area (Å²) in [6, 6.07) is 6.17. The molecule has 0 saturated carbocycles. The van der Waals surface area contributed by atoms with E-state index in [4.69, 9.17) is 4.52 Å². The third-order valence-electron chi connectivity index (χ3n) is 3.94. The molecule has 1 aliphatic rings. The first-order chi connectivity index (χ1) is 10.3. The van der Waals surface area contributed by atoms with Gasteiger partial charge in [-0.2, -0.15) is 4.98 Å². The van der Waals surface area contributed by atoms with E-state index in [0.29, 0.717) is 17.6 Å². The van der Waals surface area contributed by atoms with Crippen LogP contribution in [-0.4, -0.2) is 34.7 Å². The number of likely N-dealkylation sites (tertiary alicyclic amines) is 1. The fraction of sp³-hybridized carbons (Fsp3) is 0.500. The summed E-state index contributed by atoms with van der Waals surface area (Å²) in [5.74, 6) is 1.30. The third-order valence-corrected chi connectivity index (χ3v) is 3.94. The summed E-state index contributed by atoms with van der Waals surface area (Å²) in [5, 5.41) is 4.04. The van der Waals surface area contributed by atoms with Crippen LogP contribution in [0.1, 0.15) is 38.0 Å². The molecule has 0 amide bonds. The van der Waals surface area contributed by atoms with E-state index in [2.05, 4.69) is 22.0 Å². The smallest absolute Gasteiger partial charge is 0.231 e. The molecule has 4 nitrogen and oxygen atoms in total. The van der Waals surface area contributed by atoms with Gasteiger partial charge in [0.05, 0.1) is 5.92 Å². The van der Waals surface area contributed by atoms with Gasteiger partial charge in [-0.25, -0.2) is 4.39 Å². The van der Waals surface area contributed by atoms with Crippen LogP contribution in [-0.2, 0) is 0 Å². The molecule has 5 heteroatoms. The first kappa shape index (κ1) is 14.2. The molecule has 1 atom stereocenters. The van der Waals surface area contributed by atoms with Gasteiger partial charge in [-0.1, -0.05) is 12.1 Å². The number of benzene rings is 1. The molecule has 0 radical (unpaired) electrons. The van der Waals surface area contributed by atoms with Crippen LogP contribution < -0.4 is 0 Å². The van der Waals surface area contributed by atoms with Crippen LogP contribution in [0.3, 0.4) is 0 Å². The Balaban J connectivity index is 1.73. The van der Waals surface area contributed by atoms with Gasteiger partial charge < -0.3 is 9.42 Å². The molecule has 1 fully saturated rings. The first-order valence-corrected chi connectivity index (χ1v) is 7.58. The fourth-order valence-electron chi connectivity index (χ4n) is 2.89. The topological polar surface area (TPSA) is 42.2 Å². The predicted octanol–water partition coefficient (Wildman–Crippen LogP) is 3.47. The highest BCUT2D eigenvalue weighted by molar-refractivity contribution is 5.53. The molecule has 0 unspecified atom stereocenters. The summed E-state index contributed by atoms with van der Waals surface area (Å²) in [6.07, 6.45) is 3.42. The molecule has 1 aromatic heterocycles. The Morgan fingerprint density at radius 3 is 2.90 bits per heavy atom. The SMILES string of the molecule is CCCN1CCC[C@H](c2nc(-c3ccc(F)cc3)no2)C1. The van der Waals surface area contributed by atoms with Crippen LogP contribution >= 0.6 is 0 Å². The summed E-state index contributed by atoms with van der Waals surface area (Å²) in [4.78, 5) is 6.96. The fourth-order valence-corrected chi connectivity index (χ4v) is 2.89. The van der Waals surface area contributed by atoms with Crippen molar-refractivity contribution in [1.29, 1.82) is 0 Å². The van der Waals surface area contributed by atoms with Crippen molar-refractivity contribution in [3.63, 3.8) is 0 Å². The van der Waals surface area contributed by atoms with E-state index in [1.165, 1.54) is 18.6 Å². The molecule has 1 aliphatic heterocycles. The van der Waals surface area contributed by atoms with Gasteiger partial charge in [-0.15, -0.1) is 0 Å². The quantitative estimate of drug-likeness (QED) is 0.864. The molecule has 21 heavy (non-hydrogen) atoms. The van der Waals surface area contributed by atoms with Gasteiger partial charge >= 0.3 is 0 Å². The van der Waals surface area contributed by atoms with Crippen molar-refractivity contribution in [2.45, 2.75) is 32.1 Å². The minimum absolute atomic E-state index is 0.259. The highest BCUT2D eigenvalue weighted by atomic mass is 19.1. The summed E-state index contributed by atoms with van der Waals surface area (Å²) in [5.41, 5.74) is 0.785. The van der Waals surface area contributed by atoms with E-state index >= 15 is 0 Å². The van der Waals surface area contributed by atoms with Crippen LogP contribution in [0.4, 0.5) is 4.39 Å². The second kappa shape index (κ2) is 6.35. The van der Waals surface area contributed by atoms with Crippen LogP contribution in [0, 0.1) is 5.82 Å². The molecule has 0 bridgehead atoms. The zero-order valence-electron chi connectivity index (χ0n) is 12.3. The van der Waals surface area contributed by atoms with Crippen LogP contribution in [0.25, 0.3) is 11.4 Å². The van der Waals surface area contributed by atoms with Gasteiger partial charge in [0.25, 0.3) is 0 Å². The number of nitrogens with zero attached hydrogens (tertiary/aromatic N) is 3. The minimum Gasteiger partial charge on any atom is -0.339 e. The Bertz CT molecular complexity index is 579. The van der Waals surface area contributed by atoms with E-state index < -0.39 is 0 Å². The highest BCUT2D eigenvalue weighted by Crippen LogP contribution is 2.27. The molecular formula is C16H20FN3O. The van der Waals surface area contributed by atoms with E-state index in [1.54, 1.807) is 12.1 Å². The average Bonchev–Trinajstić information content (AvgIpc) is 2.98. The van der Waals surface area contributed by atoms with Crippen molar-refractivity contribution < 1.29 is 8.91 Å². The largest absolute Gasteiger partial charge is 0.339 e.